The first-order valence-corrected chi connectivity index (χ1v) is 8.03. The molecule has 108 valence electrons. The zero-order valence-corrected chi connectivity index (χ0v) is 13.2. The molecular formula is C14H24N2O2S. The van der Waals surface area contributed by atoms with E-state index in [-0.39, 0.29) is 6.04 Å². The molecule has 0 saturated heterocycles. The maximum absolute atomic E-state index is 12.4. The Labute approximate surface area is 116 Å². The number of nitrogens with one attached hydrogen (secondary N) is 1. The molecule has 0 heterocycles. The van der Waals surface area contributed by atoms with E-state index in [1.165, 1.54) is 4.31 Å². The molecular weight excluding hydrogens is 260 g/mol. The van der Waals surface area contributed by atoms with Crippen LogP contribution in [0.2, 0.25) is 0 Å². The first kappa shape index (κ1) is 16.1. The van der Waals surface area contributed by atoms with Crippen molar-refractivity contribution in [2.24, 2.45) is 0 Å². The van der Waals surface area contributed by atoms with Crippen molar-refractivity contribution in [3.8, 4) is 0 Å². The molecule has 1 N–H and O–H groups in total. The van der Waals surface area contributed by atoms with Gasteiger partial charge in [-0.3, -0.25) is 0 Å². The molecule has 5 heteroatoms. The SMILES string of the molecule is CCNCc1cc(S(=O)(=O)N(C)C(C)C)ccc1C. The average Bonchev–Trinajstić information content (AvgIpc) is 2.36. The standard InChI is InChI=1S/C14H24N2O2S/c1-6-15-10-13-9-14(8-7-12(13)4)19(17,18)16(5)11(2)3/h7-9,11,15H,6,10H2,1-5H3. The second kappa shape index (κ2) is 6.50. The van der Waals surface area contributed by atoms with Gasteiger partial charge in [-0.05, 0) is 50.6 Å². The van der Waals surface area contributed by atoms with Crippen LogP contribution < -0.4 is 5.32 Å². The molecule has 0 atom stereocenters. The molecule has 4 nitrogen and oxygen atoms in total. The molecule has 0 aliphatic heterocycles. The zero-order valence-electron chi connectivity index (χ0n) is 12.4. The van der Waals surface area contributed by atoms with Gasteiger partial charge in [-0.25, -0.2) is 8.42 Å². The fraction of sp³-hybridized carbons (Fsp3) is 0.571. The van der Waals surface area contributed by atoms with Crippen LogP contribution in [-0.4, -0.2) is 32.4 Å². The Kier molecular flexibility index (Phi) is 5.52. The molecule has 0 fully saturated rings. The van der Waals surface area contributed by atoms with Crippen molar-refractivity contribution in [1.82, 2.24) is 9.62 Å². The normalized spacial score (nSPS) is 12.4. The summed E-state index contributed by atoms with van der Waals surface area (Å²) in [5, 5.41) is 3.23. The number of rotatable bonds is 6. The van der Waals surface area contributed by atoms with Gasteiger partial charge in [0, 0.05) is 19.6 Å². The molecule has 0 bridgehead atoms. The zero-order chi connectivity index (χ0) is 14.6. The van der Waals surface area contributed by atoms with Crippen LogP contribution >= 0.6 is 0 Å². The molecule has 0 radical (unpaired) electrons. The van der Waals surface area contributed by atoms with E-state index < -0.39 is 10.0 Å². The monoisotopic (exact) mass is 284 g/mol. The van der Waals surface area contributed by atoms with E-state index in [2.05, 4.69) is 5.32 Å². The fourth-order valence-corrected chi connectivity index (χ4v) is 3.12. The van der Waals surface area contributed by atoms with Crippen molar-refractivity contribution in [3.05, 3.63) is 29.3 Å². The van der Waals surface area contributed by atoms with Crippen molar-refractivity contribution >= 4 is 10.0 Å². The lowest BCUT2D eigenvalue weighted by atomic mass is 10.1. The van der Waals surface area contributed by atoms with Crippen LogP contribution in [0, 0.1) is 6.92 Å². The maximum Gasteiger partial charge on any atom is 0.243 e. The molecule has 0 amide bonds. The number of nitrogens with zero attached hydrogens (tertiary/aromatic N) is 1. The minimum Gasteiger partial charge on any atom is -0.313 e. The molecule has 0 unspecified atom stereocenters. The summed E-state index contributed by atoms with van der Waals surface area (Å²) in [5.74, 6) is 0. The van der Waals surface area contributed by atoms with Crippen LogP contribution in [0.25, 0.3) is 0 Å². The Morgan fingerprint density at radius 3 is 2.47 bits per heavy atom. The summed E-state index contributed by atoms with van der Waals surface area (Å²) in [6, 6.07) is 5.27. The van der Waals surface area contributed by atoms with E-state index >= 15 is 0 Å². The minimum absolute atomic E-state index is 0.0523. The van der Waals surface area contributed by atoms with Crippen LogP contribution in [0.4, 0.5) is 0 Å². The number of benzene rings is 1. The van der Waals surface area contributed by atoms with Gasteiger partial charge >= 0.3 is 0 Å². The Balaban J connectivity index is 3.14. The summed E-state index contributed by atoms with van der Waals surface area (Å²) in [5.41, 5.74) is 2.13. The second-order valence-corrected chi connectivity index (χ2v) is 6.98. The predicted molar refractivity (Wildman–Crippen MR) is 78.6 cm³/mol. The van der Waals surface area contributed by atoms with Gasteiger partial charge in [0.1, 0.15) is 0 Å². The Bertz CT molecular complexity index is 524. The molecule has 0 saturated carbocycles. The Hall–Kier alpha value is -0.910. The van der Waals surface area contributed by atoms with Crippen molar-refractivity contribution < 1.29 is 8.42 Å². The van der Waals surface area contributed by atoms with E-state index in [0.717, 1.165) is 17.7 Å². The van der Waals surface area contributed by atoms with Gasteiger partial charge in [0.15, 0.2) is 0 Å². The van der Waals surface area contributed by atoms with Gasteiger partial charge in [-0.2, -0.15) is 4.31 Å². The predicted octanol–water partition coefficient (Wildman–Crippen LogP) is 2.13. The molecule has 0 spiro atoms. The first-order valence-electron chi connectivity index (χ1n) is 6.59. The molecule has 19 heavy (non-hydrogen) atoms. The molecule has 1 aromatic carbocycles. The van der Waals surface area contributed by atoms with Crippen molar-refractivity contribution in [3.63, 3.8) is 0 Å². The van der Waals surface area contributed by atoms with E-state index in [9.17, 15) is 8.42 Å². The van der Waals surface area contributed by atoms with Gasteiger partial charge in [0.25, 0.3) is 0 Å². The van der Waals surface area contributed by atoms with Gasteiger partial charge in [-0.15, -0.1) is 0 Å². The summed E-state index contributed by atoms with van der Waals surface area (Å²) in [6.07, 6.45) is 0. The number of hydrogen-bond acceptors (Lipinski definition) is 3. The largest absolute Gasteiger partial charge is 0.313 e. The van der Waals surface area contributed by atoms with Gasteiger partial charge in [-0.1, -0.05) is 13.0 Å². The summed E-state index contributed by atoms with van der Waals surface area (Å²) in [4.78, 5) is 0.363. The van der Waals surface area contributed by atoms with Gasteiger partial charge in [0.2, 0.25) is 10.0 Å². The van der Waals surface area contributed by atoms with Crippen LogP contribution in [0.15, 0.2) is 23.1 Å². The third kappa shape index (κ3) is 3.78. The van der Waals surface area contributed by atoms with E-state index in [1.807, 2.05) is 33.8 Å². The fourth-order valence-electron chi connectivity index (χ4n) is 1.70. The Morgan fingerprint density at radius 2 is 1.95 bits per heavy atom. The van der Waals surface area contributed by atoms with Crippen molar-refractivity contribution in [2.75, 3.05) is 13.6 Å². The van der Waals surface area contributed by atoms with E-state index in [1.54, 1.807) is 19.2 Å². The number of sulfonamides is 1. The second-order valence-electron chi connectivity index (χ2n) is 4.98. The number of hydrogen-bond donors (Lipinski definition) is 1. The number of aryl methyl sites for hydroxylation is 1. The molecule has 1 aromatic rings. The molecule has 0 aromatic heterocycles. The van der Waals surface area contributed by atoms with Crippen LogP contribution in [-0.2, 0) is 16.6 Å². The lowest BCUT2D eigenvalue weighted by molar-refractivity contribution is 0.410. The molecule has 0 aliphatic carbocycles. The first-order chi connectivity index (χ1) is 8.80. The van der Waals surface area contributed by atoms with E-state index in [0.29, 0.717) is 11.4 Å². The van der Waals surface area contributed by atoms with E-state index in [4.69, 9.17) is 0 Å². The lowest BCUT2D eigenvalue weighted by Gasteiger charge is -2.21. The van der Waals surface area contributed by atoms with Crippen LogP contribution in [0.3, 0.4) is 0 Å². The van der Waals surface area contributed by atoms with Crippen LogP contribution in [0.1, 0.15) is 31.9 Å². The topological polar surface area (TPSA) is 49.4 Å². The highest BCUT2D eigenvalue weighted by molar-refractivity contribution is 7.89. The third-order valence-electron chi connectivity index (χ3n) is 3.29. The van der Waals surface area contributed by atoms with Crippen LogP contribution in [0.5, 0.6) is 0 Å². The smallest absolute Gasteiger partial charge is 0.243 e. The molecule has 0 aliphatic rings. The highest BCUT2D eigenvalue weighted by atomic mass is 32.2. The summed E-state index contributed by atoms with van der Waals surface area (Å²) >= 11 is 0. The van der Waals surface area contributed by atoms with Crippen molar-refractivity contribution in [1.29, 1.82) is 0 Å². The highest BCUT2D eigenvalue weighted by Gasteiger charge is 2.23. The van der Waals surface area contributed by atoms with Crippen molar-refractivity contribution in [2.45, 2.75) is 45.2 Å². The Morgan fingerprint density at radius 1 is 1.32 bits per heavy atom. The third-order valence-corrected chi connectivity index (χ3v) is 5.32. The summed E-state index contributed by atoms with van der Waals surface area (Å²) in [7, 11) is -1.78. The quantitative estimate of drug-likeness (QED) is 0.870. The minimum atomic E-state index is -3.40. The lowest BCUT2D eigenvalue weighted by Crippen LogP contribution is -2.33. The summed E-state index contributed by atoms with van der Waals surface area (Å²) < 4.78 is 26.2. The molecule has 1 rings (SSSR count). The van der Waals surface area contributed by atoms with Gasteiger partial charge in [0.05, 0.1) is 4.90 Å². The highest BCUT2D eigenvalue weighted by Crippen LogP contribution is 2.20. The summed E-state index contributed by atoms with van der Waals surface area (Å²) in [6.45, 7) is 9.31. The average molecular weight is 284 g/mol. The maximum atomic E-state index is 12.4. The van der Waals surface area contributed by atoms with Gasteiger partial charge < -0.3 is 5.32 Å².